The summed E-state index contributed by atoms with van der Waals surface area (Å²) in [6.07, 6.45) is 2.61. The van der Waals surface area contributed by atoms with Crippen molar-refractivity contribution in [2.45, 2.75) is 45.7 Å². The highest BCUT2D eigenvalue weighted by Crippen LogP contribution is 2.29. The summed E-state index contributed by atoms with van der Waals surface area (Å²) in [5, 5.41) is 3.47. The monoisotopic (exact) mass is 341 g/mol. The largest absolute Gasteiger partial charge is 0.466 e. The van der Waals surface area contributed by atoms with Crippen LogP contribution in [-0.4, -0.2) is 18.9 Å². The van der Waals surface area contributed by atoms with Crippen molar-refractivity contribution < 1.29 is 9.47 Å². The van der Waals surface area contributed by atoms with Crippen LogP contribution >= 0.6 is 15.9 Å². The van der Waals surface area contributed by atoms with Crippen molar-refractivity contribution in [1.82, 2.24) is 5.32 Å². The molecule has 2 rings (SSSR count). The minimum atomic E-state index is 0.123. The summed E-state index contributed by atoms with van der Waals surface area (Å²) in [7, 11) is 0. The number of nitrogens with one attached hydrogen (secondary N) is 1. The Kier molecular flexibility index (Phi) is 5.47. The number of ether oxygens (including phenoxy) is 2. The van der Waals surface area contributed by atoms with Crippen LogP contribution in [0, 0.1) is 5.92 Å². The van der Waals surface area contributed by atoms with Crippen LogP contribution in [0.1, 0.15) is 39.2 Å². The van der Waals surface area contributed by atoms with Gasteiger partial charge in [-0.05, 0) is 73.2 Å². The van der Waals surface area contributed by atoms with E-state index in [2.05, 4.69) is 54.2 Å². The van der Waals surface area contributed by atoms with Gasteiger partial charge in [0.15, 0.2) is 6.79 Å². The van der Waals surface area contributed by atoms with Gasteiger partial charge in [0.05, 0.1) is 11.1 Å². The van der Waals surface area contributed by atoms with Gasteiger partial charge in [-0.1, -0.05) is 6.07 Å². The van der Waals surface area contributed by atoms with Crippen LogP contribution in [0.3, 0.4) is 0 Å². The lowest BCUT2D eigenvalue weighted by molar-refractivity contribution is 0.00956. The molecule has 20 heavy (non-hydrogen) atoms. The number of benzene rings is 1. The zero-order chi connectivity index (χ0) is 14.6. The predicted molar refractivity (Wildman–Crippen MR) is 84.9 cm³/mol. The first-order valence-corrected chi connectivity index (χ1v) is 7.97. The maximum atomic E-state index is 5.63. The van der Waals surface area contributed by atoms with E-state index >= 15 is 0 Å². The summed E-state index contributed by atoms with van der Waals surface area (Å²) >= 11 is 3.55. The Balaban J connectivity index is 1.78. The van der Waals surface area contributed by atoms with E-state index in [0.717, 1.165) is 29.3 Å². The molecule has 3 nitrogen and oxygen atoms in total. The second kappa shape index (κ2) is 6.92. The summed E-state index contributed by atoms with van der Waals surface area (Å²) in [6, 6.07) is 6.17. The topological polar surface area (TPSA) is 30.5 Å². The zero-order valence-corrected chi connectivity index (χ0v) is 14.1. The van der Waals surface area contributed by atoms with Gasteiger partial charge in [-0.3, -0.25) is 0 Å². The molecular weight excluding hydrogens is 318 g/mol. The molecule has 1 aromatic carbocycles. The molecule has 0 bridgehead atoms. The second-order valence-electron chi connectivity index (χ2n) is 6.44. The molecule has 1 aliphatic carbocycles. The van der Waals surface area contributed by atoms with Gasteiger partial charge >= 0.3 is 0 Å². The van der Waals surface area contributed by atoms with Crippen molar-refractivity contribution >= 4 is 15.9 Å². The molecule has 1 saturated carbocycles. The third-order valence-electron chi connectivity index (χ3n) is 3.17. The Hall–Kier alpha value is -0.580. The van der Waals surface area contributed by atoms with Crippen molar-refractivity contribution in [3.63, 3.8) is 0 Å². The van der Waals surface area contributed by atoms with E-state index in [1.807, 2.05) is 6.07 Å². The first-order valence-electron chi connectivity index (χ1n) is 7.18. The van der Waals surface area contributed by atoms with Gasteiger partial charge < -0.3 is 14.8 Å². The Morgan fingerprint density at radius 1 is 1.30 bits per heavy atom. The van der Waals surface area contributed by atoms with Gasteiger partial charge in [-0.25, -0.2) is 0 Å². The molecule has 0 saturated heterocycles. The first-order chi connectivity index (χ1) is 9.44. The van der Waals surface area contributed by atoms with Crippen molar-refractivity contribution in [2.24, 2.45) is 5.92 Å². The number of halogens is 1. The van der Waals surface area contributed by atoms with Gasteiger partial charge in [0.1, 0.15) is 5.75 Å². The Labute approximate surface area is 130 Å². The molecule has 112 valence electrons. The summed E-state index contributed by atoms with van der Waals surface area (Å²) in [5.41, 5.74) is 1.36. The molecular formula is C16H24BrNO2. The van der Waals surface area contributed by atoms with E-state index in [9.17, 15) is 0 Å². The molecule has 1 fully saturated rings. The Morgan fingerprint density at radius 3 is 2.65 bits per heavy atom. The number of hydrogen-bond donors (Lipinski definition) is 1. The third kappa shape index (κ3) is 5.81. The molecule has 0 unspecified atom stereocenters. The van der Waals surface area contributed by atoms with Gasteiger partial charge in [-0.15, -0.1) is 0 Å². The van der Waals surface area contributed by atoms with Gasteiger partial charge in [0.25, 0.3) is 0 Å². The standard InChI is InChI=1S/C16H24BrNO2/c1-16(2,3)18-9-13-6-7-15(14(17)8-13)20-11-19-10-12-4-5-12/h6-8,12,18H,4-5,9-11H2,1-3H3. The molecule has 0 aliphatic heterocycles. The van der Waals surface area contributed by atoms with Crippen LogP contribution in [0.2, 0.25) is 0 Å². The predicted octanol–water partition coefficient (Wildman–Crippen LogP) is 4.10. The maximum absolute atomic E-state index is 5.63. The quantitative estimate of drug-likeness (QED) is 0.598. The molecule has 0 amide bonds. The average molecular weight is 342 g/mol. The third-order valence-corrected chi connectivity index (χ3v) is 3.79. The minimum Gasteiger partial charge on any atom is -0.466 e. The highest BCUT2D eigenvalue weighted by Gasteiger charge is 2.21. The van der Waals surface area contributed by atoms with E-state index in [4.69, 9.17) is 9.47 Å². The fourth-order valence-electron chi connectivity index (χ4n) is 1.74. The van der Waals surface area contributed by atoms with E-state index in [0.29, 0.717) is 6.79 Å². The fraction of sp³-hybridized carbons (Fsp3) is 0.625. The minimum absolute atomic E-state index is 0.123. The average Bonchev–Trinajstić information content (AvgIpc) is 3.17. The molecule has 0 atom stereocenters. The van der Waals surface area contributed by atoms with Crippen molar-refractivity contribution in [2.75, 3.05) is 13.4 Å². The van der Waals surface area contributed by atoms with Crippen LogP contribution < -0.4 is 10.1 Å². The summed E-state index contributed by atoms with van der Waals surface area (Å²) < 4.78 is 12.1. The molecule has 4 heteroatoms. The van der Waals surface area contributed by atoms with Crippen LogP contribution in [0.5, 0.6) is 5.75 Å². The summed E-state index contributed by atoms with van der Waals surface area (Å²) in [5.74, 6) is 1.60. The molecule has 1 aliphatic rings. The van der Waals surface area contributed by atoms with E-state index in [1.165, 1.54) is 18.4 Å². The van der Waals surface area contributed by atoms with E-state index in [-0.39, 0.29) is 5.54 Å². The molecule has 0 aromatic heterocycles. The number of rotatable bonds is 7. The molecule has 1 N–H and O–H groups in total. The van der Waals surface area contributed by atoms with Crippen LogP contribution in [0.25, 0.3) is 0 Å². The van der Waals surface area contributed by atoms with Crippen molar-refractivity contribution in [3.8, 4) is 5.75 Å². The SMILES string of the molecule is CC(C)(C)NCc1ccc(OCOCC2CC2)c(Br)c1. The highest BCUT2D eigenvalue weighted by atomic mass is 79.9. The van der Waals surface area contributed by atoms with Crippen LogP contribution in [0.4, 0.5) is 0 Å². The normalized spacial score (nSPS) is 15.4. The van der Waals surface area contributed by atoms with Crippen molar-refractivity contribution in [3.05, 3.63) is 28.2 Å². The molecule has 0 heterocycles. The molecule has 0 spiro atoms. The lowest BCUT2D eigenvalue weighted by Crippen LogP contribution is -2.35. The van der Waals surface area contributed by atoms with Crippen LogP contribution in [-0.2, 0) is 11.3 Å². The highest BCUT2D eigenvalue weighted by molar-refractivity contribution is 9.10. The second-order valence-corrected chi connectivity index (χ2v) is 7.30. The smallest absolute Gasteiger partial charge is 0.189 e. The van der Waals surface area contributed by atoms with E-state index < -0.39 is 0 Å². The summed E-state index contributed by atoms with van der Waals surface area (Å²) in [6.45, 7) is 8.49. The Morgan fingerprint density at radius 2 is 2.05 bits per heavy atom. The Bertz CT molecular complexity index is 439. The fourth-order valence-corrected chi connectivity index (χ4v) is 2.28. The van der Waals surface area contributed by atoms with E-state index in [1.54, 1.807) is 0 Å². The summed E-state index contributed by atoms with van der Waals surface area (Å²) in [4.78, 5) is 0. The maximum Gasteiger partial charge on any atom is 0.189 e. The zero-order valence-electron chi connectivity index (χ0n) is 12.5. The molecule has 1 aromatic rings. The van der Waals surface area contributed by atoms with Crippen molar-refractivity contribution in [1.29, 1.82) is 0 Å². The lowest BCUT2D eigenvalue weighted by atomic mass is 10.1. The lowest BCUT2D eigenvalue weighted by Gasteiger charge is -2.20. The number of hydrogen-bond acceptors (Lipinski definition) is 3. The molecule has 0 radical (unpaired) electrons. The van der Waals surface area contributed by atoms with Gasteiger partial charge in [0.2, 0.25) is 0 Å². The van der Waals surface area contributed by atoms with Gasteiger partial charge in [-0.2, -0.15) is 0 Å². The first kappa shape index (κ1) is 15.8. The van der Waals surface area contributed by atoms with Crippen LogP contribution in [0.15, 0.2) is 22.7 Å². The van der Waals surface area contributed by atoms with Gasteiger partial charge in [0, 0.05) is 12.1 Å².